The number of anilines is 2. The third-order valence-electron chi connectivity index (χ3n) is 5.92. The zero-order chi connectivity index (χ0) is 21.3. The number of halogens is 2. The number of aryl methyl sites for hydroxylation is 2. The number of rotatable bonds is 17. The van der Waals surface area contributed by atoms with Crippen molar-refractivity contribution >= 4 is 11.4 Å². The lowest BCUT2D eigenvalue weighted by molar-refractivity contribution is -0.697. The van der Waals surface area contributed by atoms with Crippen LogP contribution < -0.4 is 54.6 Å². The van der Waals surface area contributed by atoms with E-state index in [4.69, 9.17) is 11.5 Å². The van der Waals surface area contributed by atoms with Crippen LogP contribution in [0.15, 0.2) is 49.1 Å². The summed E-state index contributed by atoms with van der Waals surface area (Å²) >= 11 is 0. The predicted molar refractivity (Wildman–Crippen MR) is 127 cm³/mol. The third-order valence-corrected chi connectivity index (χ3v) is 5.92. The maximum atomic E-state index is 5.72. The van der Waals surface area contributed by atoms with Gasteiger partial charge in [-0.1, -0.05) is 64.2 Å². The lowest BCUT2D eigenvalue weighted by atomic mass is 10.0. The van der Waals surface area contributed by atoms with Crippen LogP contribution in [0.2, 0.25) is 0 Å². The van der Waals surface area contributed by atoms with Crippen molar-refractivity contribution in [2.75, 3.05) is 11.5 Å². The molecule has 4 nitrogen and oxygen atoms in total. The smallest absolute Gasteiger partial charge is 0.170 e. The molecule has 2 aromatic rings. The van der Waals surface area contributed by atoms with Crippen molar-refractivity contribution < 1.29 is 43.1 Å². The van der Waals surface area contributed by atoms with E-state index in [-0.39, 0.29) is 34.0 Å². The summed E-state index contributed by atoms with van der Waals surface area (Å²) in [5, 5.41) is 0. The second-order valence-electron chi connectivity index (χ2n) is 8.69. The number of hydrogen-bond acceptors (Lipinski definition) is 2. The Hall–Kier alpha value is -1.14. The molecule has 2 rings (SSSR count). The van der Waals surface area contributed by atoms with E-state index >= 15 is 0 Å². The second kappa shape index (κ2) is 20.5. The first kappa shape index (κ1) is 30.9. The van der Waals surface area contributed by atoms with Crippen LogP contribution in [0.25, 0.3) is 0 Å². The molecule has 32 heavy (non-hydrogen) atoms. The van der Waals surface area contributed by atoms with Crippen molar-refractivity contribution in [1.82, 2.24) is 0 Å². The van der Waals surface area contributed by atoms with Crippen LogP contribution in [-0.2, 0) is 13.1 Å². The zero-order valence-electron chi connectivity index (χ0n) is 19.7. The van der Waals surface area contributed by atoms with Gasteiger partial charge in [0.25, 0.3) is 0 Å². The number of nitrogens with zero attached hydrogens (tertiary/aromatic N) is 2. The Labute approximate surface area is 217 Å². The summed E-state index contributed by atoms with van der Waals surface area (Å²) in [7, 11) is 0. The van der Waals surface area contributed by atoms with Gasteiger partial charge in [0, 0.05) is 48.5 Å². The number of nitrogens with two attached hydrogens (primary N) is 2. The summed E-state index contributed by atoms with van der Waals surface area (Å²) in [6.07, 6.45) is 27.6. The molecule has 0 fully saturated rings. The Kier molecular flexibility index (Phi) is 19.7. The van der Waals surface area contributed by atoms with Crippen molar-refractivity contribution in [2.24, 2.45) is 0 Å². The fourth-order valence-electron chi connectivity index (χ4n) is 3.95. The number of nitrogen functional groups attached to an aromatic ring is 2. The highest BCUT2D eigenvalue weighted by atomic mass is 79.9. The molecule has 182 valence electrons. The molecule has 0 aliphatic heterocycles. The summed E-state index contributed by atoms with van der Waals surface area (Å²) < 4.78 is 4.46. The van der Waals surface area contributed by atoms with Gasteiger partial charge in [0.05, 0.1) is 0 Å². The van der Waals surface area contributed by atoms with E-state index in [0.717, 1.165) is 24.5 Å². The van der Waals surface area contributed by atoms with Gasteiger partial charge in [0.2, 0.25) is 0 Å². The molecular formula is C26H44Br2N4. The van der Waals surface area contributed by atoms with Crippen molar-refractivity contribution in [3.63, 3.8) is 0 Å². The highest BCUT2D eigenvalue weighted by Crippen LogP contribution is 2.13. The molecule has 0 radical (unpaired) electrons. The molecule has 0 aromatic carbocycles. The van der Waals surface area contributed by atoms with Gasteiger partial charge in [-0.05, 0) is 12.8 Å². The first-order valence-electron chi connectivity index (χ1n) is 12.2. The highest BCUT2D eigenvalue weighted by molar-refractivity contribution is 5.32. The van der Waals surface area contributed by atoms with Crippen molar-refractivity contribution in [3.8, 4) is 0 Å². The molecule has 2 aromatic heterocycles. The van der Waals surface area contributed by atoms with Gasteiger partial charge < -0.3 is 45.4 Å². The van der Waals surface area contributed by atoms with Crippen molar-refractivity contribution in [3.05, 3.63) is 49.1 Å². The topological polar surface area (TPSA) is 59.8 Å². The summed E-state index contributed by atoms with van der Waals surface area (Å²) in [5.74, 6) is 0. The van der Waals surface area contributed by atoms with Gasteiger partial charge in [0.1, 0.15) is 13.1 Å². The van der Waals surface area contributed by atoms with Crippen molar-refractivity contribution in [2.45, 2.75) is 103 Å². The van der Waals surface area contributed by atoms with E-state index in [0.29, 0.717) is 0 Å². The molecule has 0 aliphatic rings. The Morgan fingerprint density at radius 3 is 0.875 bits per heavy atom. The van der Waals surface area contributed by atoms with Crippen LogP contribution in [0.4, 0.5) is 11.4 Å². The maximum Gasteiger partial charge on any atom is 0.170 e. The Morgan fingerprint density at radius 2 is 0.625 bits per heavy atom. The molecule has 0 spiro atoms. The monoisotopic (exact) mass is 570 g/mol. The van der Waals surface area contributed by atoms with Gasteiger partial charge >= 0.3 is 0 Å². The minimum atomic E-state index is 0. The van der Waals surface area contributed by atoms with Crippen LogP contribution in [0.3, 0.4) is 0 Å². The SMILES string of the molecule is Nc1cc[n+](CCCCCCCCCCCCCCCC[n+]2ccc(N)cc2)cc1.[Br-].[Br-]. The van der Waals surface area contributed by atoms with Crippen LogP contribution in [0.5, 0.6) is 0 Å². The van der Waals surface area contributed by atoms with Gasteiger partial charge in [-0.2, -0.15) is 0 Å². The molecule has 0 unspecified atom stereocenters. The van der Waals surface area contributed by atoms with E-state index in [1.165, 1.54) is 89.9 Å². The molecule has 6 heteroatoms. The van der Waals surface area contributed by atoms with E-state index in [2.05, 4.69) is 33.9 Å². The third kappa shape index (κ3) is 15.6. The molecule has 0 atom stereocenters. The summed E-state index contributed by atoms with van der Waals surface area (Å²) in [6, 6.07) is 7.90. The van der Waals surface area contributed by atoms with E-state index in [9.17, 15) is 0 Å². The molecule has 0 amide bonds. The molecular weight excluding hydrogens is 528 g/mol. The molecule has 4 N–H and O–H groups in total. The first-order chi connectivity index (χ1) is 14.7. The molecule has 2 heterocycles. The summed E-state index contributed by atoms with van der Waals surface area (Å²) in [4.78, 5) is 0. The van der Waals surface area contributed by atoms with E-state index in [1.54, 1.807) is 0 Å². The normalized spacial score (nSPS) is 10.4. The number of pyridine rings is 2. The minimum Gasteiger partial charge on any atom is -1.00 e. The zero-order valence-corrected chi connectivity index (χ0v) is 22.9. The Bertz CT molecular complexity index is 603. The standard InChI is InChI=1S/C26H42N4.2BrH/c27-25-15-21-29(22-16-25)19-13-11-9-7-5-3-1-2-4-6-8-10-12-14-20-30-23-17-26(28)18-24-30;;/h15-18,21-24,27-28H,1-14,19-20H2;2*1H. The van der Waals surface area contributed by atoms with E-state index < -0.39 is 0 Å². The highest BCUT2D eigenvalue weighted by Gasteiger charge is 2.01. The average Bonchev–Trinajstić information content (AvgIpc) is 2.76. The Balaban J connectivity index is 0.00000480. The van der Waals surface area contributed by atoms with E-state index in [1.807, 2.05) is 24.3 Å². The van der Waals surface area contributed by atoms with Gasteiger partial charge in [-0.3, -0.25) is 0 Å². The van der Waals surface area contributed by atoms with Gasteiger partial charge in [0.15, 0.2) is 24.8 Å². The number of aromatic nitrogens is 2. The number of unbranched alkanes of at least 4 members (excludes halogenated alkanes) is 13. The summed E-state index contributed by atoms with van der Waals surface area (Å²) in [5.41, 5.74) is 13.1. The lowest BCUT2D eigenvalue weighted by Gasteiger charge is -2.03. The van der Waals surface area contributed by atoms with Crippen molar-refractivity contribution in [1.29, 1.82) is 0 Å². The maximum absolute atomic E-state index is 5.72. The fourth-order valence-corrected chi connectivity index (χ4v) is 3.95. The average molecular weight is 572 g/mol. The Morgan fingerprint density at radius 1 is 0.406 bits per heavy atom. The minimum absolute atomic E-state index is 0. The van der Waals surface area contributed by atoms with Gasteiger partial charge in [-0.15, -0.1) is 0 Å². The van der Waals surface area contributed by atoms with Crippen LogP contribution >= 0.6 is 0 Å². The number of hydrogen-bond donors (Lipinski definition) is 2. The largest absolute Gasteiger partial charge is 1.00 e. The fraction of sp³-hybridized carbons (Fsp3) is 0.615. The van der Waals surface area contributed by atoms with Crippen LogP contribution in [-0.4, -0.2) is 0 Å². The van der Waals surface area contributed by atoms with Crippen LogP contribution in [0.1, 0.15) is 89.9 Å². The van der Waals surface area contributed by atoms with Crippen LogP contribution in [0, 0.1) is 0 Å². The second-order valence-corrected chi connectivity index (χ2v) is 8.69. The predicted octanol–water partition coefficient (Wildman–Crippen LogP) is -0.404. The lowest BCUT2D eigenvalue weighted by Crippen LogP contribution is -3.00. The molecule has 0 saturated heterocycles. The molecule has 0 saturated carbocycles. The molecule has 0 aliphatic carbocycles. The van der Waals surface area contributed by atoms with Gasteiger partial charge in [-0.25, -0.2) is 9.13 Å². The quantitative estimate of drug-likeness (QED) is 0.200. The molecule has 0 bridgehead atoms. The summed E-state index contributed by atoms with van der Waals surface area (Å²) in [6.45, 7) is 2.22. The first-order valence-corrected chi connectivity index (χ1v) is 12.2.